The Kier molecular flexibility index (Phi) is 4.74. The van der Waals surface area contributed by atoms with E-state index < -0.39 is 0 Å². The molecule has 2 aromatic carbocycles. The van der Waals surface area contributed by atoms with Crippen LogP contribution in [0.3, 0.4) is 0 Å². The van der Waals surface area contributed by atoms with E-state index in [1.54, 1.807) is 24.8 Å². The molecule has 0 amide bonds. The van der Waals surface area contributed by atoms with Crippen LogP contribution in [0.15, 0.2) is 85.5 Å². The largest absolute Gasteiger partial charge is 0.488 e. The Hall–Kier alpha value is -3.40. The number of hydrogen-bond donors (Lipinski definition) is 0. The first kappa shape index (κ1) is 16.1. The van der Waals surface area contributed by atoms with E-state index in [1.807, 2.05) is 48.5 Å². The van der Waals surface area contributed by atoms with Crippen LogP contribution in [0.2, 0.25) is 0 Å². The maximum absolute atomic E-state index is 6.03. The molecule has 4 heteroatoms. The van der Waals surface area contributed by atoms with Gasteiger partial charge in [-0.1, -0.05) is 24.3 Å². The lowest BCUT2D eigenvalue weighted by Crippen LogP contribution is -1.98. The molecule has 128 valence electrons. The van der Waals surface area contributed by atoms with Crippen molar-refractivity contribution in [1.29, 1.82) is 0 Å². The number of pyridine rings is 2. The average molecular weight is 342 g/mol. The zero-order chi connectivity index (χ0) is 17.6. The van der Waals surface area contributed by atoms with Crippen LogP contribution in [0.5, 0.6) is 11.5 Å². The SMILES string of the molecule is c1cc(OCc2ccncc2)c2cccc(OCc3ccncc3)c2c1. The Morgan fingerprint density at radius 3 is 1.38 bits per heavy atom. The number of aromatic nitrogens is 2. The molecule has 0 unspecified atom stereocenters. The van der Waals surface area contributed by atoms with E-state index in [-0.39, 0.29) is 0 Å². The van der Waals surface area contributed by atoms with Crippen LogP contribution in [-0.4, -0.2) is 9.97 Å². The molecule has 0 fully saturated rings. The van der Waals surface area contributed by atoms with E-state index in [1.165, 1.54) is 0 Å². The number of rotatable bonds is 6. The fourth-order valence-electron chi connectivity index (χ4n) is 2.78. The molecule has 0 saturated carbocycles. The lowest BCUT2D eigenvalue weighted by molar-refractivity contribution is 0.306. The predicted molar refractivity (Wildman–Crippen MR) is 101 cm³/mol. The topological polar surface area (TPSA) is 44.2 Å². The molecule has 26 heavy (non-hydrogen) atoms. The molecule has 0 aliphatic heterocycles. The van der Waals surface area contributed by atoms with Gasteiger partial charge in [-0.05, 0) is 47.5 Å². The highest BCUT2D eigenvalue weighted by Crippen LogP contribution is 2.33. The molecule has 0 spiro atoms. The minimum absolute atomic E-state index is 0.504. The monoisotopic (exact) mass is 342 g/mol. The van der Waals surface area contributed by atoms with Crippen molar-refractivity contribution in [3.05, 3.63) is 96.6 Å². The quantitative estimate of drug-likeness (QED) is 0.505. The van der Waals surface area contributed by atoms with Crippen LogP contribution in [-0.2, 0) is 13.2 Å². The summed E-state index contributed by atoms with van der Waals surface area (Å²) in [5.74, 6) is 1.68. The number of benzene rings is 2. The van der Waals surface area contributed by atoms with Crippen LogP contribution in [0.1, 0.15) is 11.1 Å². The highest BCUT2D eigenvalue weighted by atomic mass is 16.5. The maximum Gasteiger partial charge on any atom is 0.127 e. The van der Waals surface area contributed by atoms with Gasteiger partial charge in [0, 0.05) is 35.6 Å². The second kappa shape index (κ2) is 7.66. The molecule has 0 radical (unpaired) electrons. The fourth-order valence-corrected chi connectivity index (χ4v) is 2.78. The summed E-state index contributed by atoms with van der Waals surface area (Å²) in [5, 5.41) is 2.07. The summed E-state index contributed by atoms with van der Waals surface area (Å²) in [7, 11) is 0. The Balaban J connectivity index is 1.56. The van der Waals surface area contributed by atoms with E-state index in [9.17, 15) is 0 Å². The van der Waals surface area contributed by atoms with Crippen molar-refractivity contribution < 1.29 is 9.47 Å². The summed E-state index contributed by atoms with van der Waals surface area (Å²) in [6, 6.07) is 19.9. The Bertz CT molecular complexity index is 906. The highest BCUT2D eigenvalue weighted by molar-refractivity contribution is 5.93. The summed E-state index contributed by atoms with van der Waals surface area (Å²) in [6.07, 6.45) is 7.08. The lowest BCUT2D eigenvalue weighted by Gasteiger charge is -2.13. The summed E-state index contributed by atoms with van der Waals surface area (Å²) in [5.41, 5.74) is 2.17. The fraction of sp³-hybridized carbons (Fsp3) is 0.0909. The Morgan fingerprint density at radius 1 is 0.538 bits per heavy atom. The summed E-state index contributed by atoms with van der Waals surface area (Å²) >= 11 is 0. The third-order valence-corrected chi connectivity index (χ3v) is 4.13. The van der Waals surface area contributed by atoms with Crippen LogP contribution >= 0.6 is 0 Å². The molecule has 0 N–H and O–H groups in total. The standard InChI is InChI=1S/C22H18N2O2/c1-3-19-20(21(5-1)25-15-17-7-11-23-12-8-17)4-2-6-22(19)26-16-18-9-13-24-14-10-18/h1-14H,15-16H2. The molecule has 4 nitrogen and oxygen atoms in total. The van der Waals surface area contributed by atoms with E-state index in [0.717, 1.165) is 33.4 Å². The van der Waals surface area contributed by atoms with Crippen molar-refractivity contribution >= 4 is 10.8 Å². The number of ether oxygens (including phenoxy) is 2. The molecule has 2 heterocycles. The molecular weight excluding hydrogens is 324 g/mol. The molecule has 0 bridgehead atoms. The molecular formula is C22H18N2O2. The van der Waals surface area contributed by atoms with Crippen molar-refractivity contribution in [3.63, 3.8) is 0 Å². The zero-order valence-corrected chi connectivity index (χ0v) is 14.2. The normalized spacial score (nSPS) is 10.6. The van der Waals surface area contributed by atoms with E-state index in [0.29, 0.717) is 13.2 Å². The van der Waals surface area contributed by atoms with Crippen molar-refractivity contribution in [3.8, 4) is 11.5 Å². The molecule has 0 atom stereocenters. The maximum atomic E-state index is 6.03. The van der Waals surface area contributed by atoms with Gasteiger partial charge in [-0.25, -0.2) is 0 Å². The van der Waals surface area contributed by atoms with Crippen LogP contribution in [0.25, 0.3) is 10.8 Å². The van der Waals surface area contributed by atoms with Gasteiger partial charge in [0.05, 0.1) is 0 Å². The third-order valence-electron chi connectivity index (χ3n) is 4.13. The van der Waals surface area contributed by atoms with Crippen molar-refractivity contribution in [1.82, 2.24) is 9.97 Å². The number of nitrogens with zero attached hydrogens (tertiary/aromatic N) is 2. The van der Waals surface area contributed by atoms with E-state index in [2.05, 4.69) is 22.1 Å². The Labute approximate surface area is 152 Å². The van der Waals surface area contributed by atoms with Gasteiger partial charge in [0.1, 0.15) is 24.7 Å². The number of hydrogen-bond acceptors (Lipinski definition) is 4. The van der Waals surface area contributed by atoms with Gasteiger partial charge in [0.2, 0.25) is 0 Å². The van der Waals surface area contributed by atoms with Crippen LogP contribution < -0.4 is 9.47 Å². The summed E-state index contributed by atoms with van der Waals surface area (Å²) in [6.45, 7) is 1.01. The molecule has 4 rings (SSSR count). The van der Waals surface area contributed by atoms with Gasteiger partial charge in [0.25, 0.3) is 0 Å². The first-order valence-electron chi connectivity index (χ1n) is 8.45. The molecule has 0 aliphatic carbocycles. The second-order valence-corrected chi connectivity index (χ2v) is 5.90. The van der Waals surface area contributed by atoms with E-state index >= 15 is 0 Å². The van der Waals surface area contributed by atoms with Gasteiger partial charge in [0.15, 0.2) is 0 Å². The molecule has 2 aromatic heterocycles. The average Bonchev–Trinajstić information content (AvgIpc) is 2.72. The zero-order valence-electron chi connectivity index (χ0n) is 14.2. The van der Waals surface area contributed by atoms with Crippen molar-refractivity contribution in [2.75, 3.05) is 0 Å². The first-order valence-corrected chi connectivity index (χ1v) is 8.45. The van der Waals surface area contributed by atoms with Crippen LogP contribution in [0, 0.1) is 0 Å². The number of fused-ring (bicyclic) bond motifs is 1. The van der Waals surface area contributed by atoms with Gasteiger partial charge < -0.3 is 9.47 Å². The molecule has 0 aliphatic rings. The molecule has 0 saturated heterocycles. The first-order chi connectivity index (χ1) is 12.9. The van der Waals surface area contributed by atoms with Gasteiger partial charge >= 0.3 is 0 Å². The van der Waals surface area contributed by atoms with E-state index in [4.69, 9.17) is 9.47 Å². The minimum atomic E-state index is 0.504. The Morgan fingerprint density at radius 2 is 0.962 bits per heavy atom. The highest BCUT2D eigenvalue weighted by Gasteiger charge is 2.07. The van der Waals surface area contributed by atoms with Gasteiger partial charge in [-0.2, -0.15) is 0 Å². The summed E-state index contributed by atoms with van der Waals surface area (Å²) < 4.78 is 12.1. The second-order valence-electron chi connectivity index (χ2n) is 5.90. The van der Waals surface area contributed by atoms with Gasteiger partial charge in [-0.15, -0.1) is 0 Å². The minimum Gasteiger partial charge on any atom is -0.488 e. The lowest BCUT2D eigenvalue weighted by atomic mass is 10.1. The van der Waals surface area contributed by atoms with Crippen molar-refractivity contribution in [2.45, 2.75) is 13.2 Å². The summed E-state index contributed by atoms with van der Waals surface area (Å²) in [4.78, 5) is 8.06. The predicted octanol–water partition coefficient (Wildman–Crippen LogP) is 4.79. The van der Waals surface area contributed by atoms with Crippen molar-refractivity contribution in [2.24, 2.45) is 0 Å². The van der Waals surface area contributed by atoms with Crippen LogP contribution in [0.4, 0.5) is 0 Å². The van der Waals surface area contributed by atoms with Gasteiger partial charge in [-0.3, -0.25) is 9.97 Å². The smallest absolute Gasteiger partial charge is 0.127 e. The molecule has 4 aromatic rings. The third kappa shape index (κ3) is 3.64.